The lowest BCUT2D eigenvalue weighted by Crippen LogP contribution is -2.27. The van der Waals surface area contributed by atoms with E-state index in [9.17, 15) is 9.18 Å². The summed E-state index contributed by atoms with van der Waals surface area (Å²) >= 11 is 1.40. The van der Waals surface area contributed by atoms with E-state index in [0.717, 1.165) is 29.8 Å². The number of carbonyl (C=O) groups excluding carboxylic acids is 1. The smallest absolute Gasteiger partial charge is 0.264 e. The maximum atomic E-state index is 13.9. The highest BCUT2D eigenvalue weighted by Gasteiger charge is 2.23. The molecule has 1 heterocycles. The minimum Gasteiger partial charge on any atom is -0.496 e. The summed E-state index contributed by atoms with van der Waals surface area (Å²) in [5, 5.41) is 3.12. The van der Waals surface area contributed by atoms with E-state index in [2.05, 4.69) is 10.3 Å². The number of anilines is 1. The van der Waals surface area contributed by atoms with Crippen LogP contribution in [0.3, 0.4) is 0 Å². The number of aryl methyl sites for hydroxylation is 1. The largest absolute Gasteiger partial charge is 0.496 e. The minimum atomic E-state index is -0.625. The quantitative estimate of drug-likeness (QED) is 0.885. The van der Waals surface area contributed by atoms with Gasteiger partial charge in [-0.15, -0.1) is 23.7 Å². The van der Waals surface area contributed by atoms with Gasteiger partial charge in [0.05, 0.1) is 12.8 Å². The second kappa shape index (κ2) is 7.25. The van der Waals surface area contributed by atoms with E-state index in [-0.39, 0.29) is 29.8 Å². The molecule has 1 atom stereocenters. The number of halogens is 2. The normalized spacial score (nSPS) is 16.2. The number of nitrogens with two attached hydrogens (primary N) is 1. The Bertz CT molecular complexity index is 723. The zero-order valence-electron chi connectivity index (χ0n) is 12.5. The molecule has 0 saturated carbocycles. The molecule has 1 aromatic carbocycles. The molecule has 0 spiro atoms. The van der Waals surface area contributed by atoms with Crippen LogP contribution in [0.25, 0.3) is 0 Å². The molecule has 0 fully saturated rings. The third kappa shape index (κ3) is 3.63. The van der Waals surface area contributed by atoms with Crippen molar-refractivity contribution in [2.75, 3.05) is 12.4 Å². The predicted molar refractivity (Wildman–Crippen MR) is 90.3 cm³/mol. The number of fused-ring (bicyclic) bond motifs is 1. The average Bonchev–Trinajstić information content (AvgIpc) is 2.87. The highest BCUT2D eigenvalue weighted by molar-refractivity contribution is 7.15. The van der Waals surface area contributed by atoms with Crippen molar-refractivity contribution in [3.63, 3.8) is 0 Å². The number of hydrogen-bond donors (Lipinski definition) is 2. The molecule has 124 valence electrons. The van der Waals surface area contributed by atoms with Crippen LogP contribution in [0.2, 0.25) is 0 Å². The van der Waals surface area contributed by atoms with Crippen molar-refractivity contribution in [1.29, 1.82) is 0 Å². The molecule has 3 N–H and O–H groups in total. The first kappa shape index (κ1) is 17.7. The molecule has 0 aliphatic heterocycles. The van der Waals surface area contributed by atoms with Crippen molar-refractivity contribution < 1.29 is 13.9 Å². The van der Waals surface area contributed by atoms with E-state index in [0.29, 0.717) is 5.13 Å². The fourth-order valence-electron chi connectivity index (χ4n) is 2.51. The molecular formula is C15H17ClFN3O2S. The summed E-state index contributed by atoms with van der Waals surface area (Å²) in [7, 11) is 1.40. The number of nitrogens with zero attached hydrogens (tertiary/aromatic N) is 1. The number of hydrogen-bond acceptors (Lipinski definition) is 5. The van der Waals surface area contributed by atoms with E-state index >= 15 is 0 Å². The van der Waals surface area contributed by atoms with Crippen LogP contribution in [0.1, 0.15) is 27.3 Å². The topological polar surface area (TPSA) is 77.2 Å². The Balaban J connectivity index is 0.00000192. The molecule has 0 saturated heterocycles. The van der Waals surface area contributed by atoms with Gasteiger partial charge in [0.2, 0.25) is 0 Å². The maximum Gasteiger partial charge on any atom is 0.264 e. The number of aromatic nitrogens is 1. The molecular weight excluding hydrogens is 341 g/mol. The second-order valence-corrected chi connectivity index (χ2v) is 6.25. The molecule has 23 heavy (non-hydrogen) atoms. The Morgan fingerprint density at radius 3 is 3.04 bits per heavy atom. The number of nitrogens with one attached hydrogen (secondary N) is 1. The molecule has 2 aromatic rings. The van der Waals surface area contributed by atoms with Gasteiger partial charge in [-0.1, -0.05) is 6.07 Å². The molecule has 1 aliphatic rings. The molecule has 1 amide bonds. The SMILES string of the molecule is COc1cccc(F)c1C(=O)Nc1nc2c(s1)C[C@@H](N)CC2.Cl. The van der Waals surface area contributed by atoms with E-state index in [4.69, 9.17) is 10.5 Å². The summed E-state index contributed by atoms with van der Waals surface area (Å²) in [6, 6.07) is 4.41. The molecule has 3 rings (SSSR count). The lowest BCUT2D eigenvalue weighted by atomic mass is 9.99. The first-order chi connectivity index (χ1) is 10.6. The van der Waals surface area contributed by atoms with Crippen LogP contribution >= 0.6 is 23.7 Å². The van der Waals surface area contributed by atoms with Gasteiger partial charge in [-0.05, 0) is 31.4 Å². The highest BCUT2D eigenvalue weighted by Crippen LogP contribution is 2.30. The number of carbonyl (C=O) groups is 1. The third-order valence-electron chi connectivity index (χ3n) is 3.62. The maximum absolute atomic E-state index is 13.9. The zero-order valence-corrected chi connectivity index (χ0v) is 14.1. The molecule has 1 aromatic heterocycles. The van der Waals surface area contributed by atoms with Crippen LogP contribution in [0.5, 0.6) is 5.75 Å². The van der Waals surface area contributed by atoms with Crippen LogP contribution in [0.4, 0.5) is 9.52 Å². The average molecular weight is 358 g/mol. The highest BCUT2D eigenvalue weighted by atomic mass is 35.5. The number of benzene rings is 1. The van der Waals surface area contributed by atoms with E-state index in [1.165, 1.54) is 30.6 Å². The van der Waals surface area contributed by atoms with Crippen molar-refractivity contribution in [2.45, 2.75) is 25.3 Å². The van der Waals surface area contributed by atoms with Gasteiger partial charge >= 0.3 is 0 Å². The van der Waals surface area contributed by atoms with Crippen molar-refractivity contribution >= 4 is 34.8 Å². The fraction of sp³-hybridized carbons (Fsp3) is 0.333. The standard InChI is InChI=1S/C15H16FN3O2S.ClH/c1-21-11-4-2-3-9(16)13(11)14(20)19-15-18-10-6-5-8(17)7-12(10)22-15;/h2-4,8H,5-7,17H2,1H3,(H,18,19,20);1H/t8-;/m0./s1. The van der Waals surface area contributed by atoms with Gasteiger partial charge in [-0.3, -0.25) is 10.1 Å². The molecule has 5 nitrogen and oxygen atoms in total. The molecule has 1 aliphatic carbocycles. The number of amides is 1. The first-order valence-electron chi connectivity index (χ1n) is 6.96. The van der Waals surface area contributed by atoms with Crippen LogP contribution in [0.15, 0.2) is 18.2 Å². The van der Waals surface area contributed by atoms with Gasteiger partial charge < -0.3 is 10.5 Å². The lowest BCUT2D eigenvalue weighted by molar-refractivity contribution is 0.102. The van der Waals surface area contributed by atoms with Crippen molar-refractivity contribution in [3.05, 3.63) is 40.2 Å². The Labute approximate surface area is 143 Å². The van der Waals surface area contributed by atoms with Gasteiger partial charge in [0, 0.05) is 10.9 Å². The number of methoxy groups -OCH3 is 1. The summed E-state index contributed by atoms with van der Waals surface area (Å²) in [4.78, 5) is 17.8. The van der Waals surface area contributed by atoms with E-state index in [1.54, 1.807) is 6.07 Å². The lowest BCUT2D eigenvalue weighted by Gasteiger charge is -2.15. The van der Waals surface area contributed by atoms with Crippen LogP contribution < -0.4 is 15.8 Å². The van der Waals surface area contributed by atoms with Gasteiger partial charge in [0.15, 0.2) is 5.13 Å². The van der Waals surface area contributed by atoms with Crippen LogP contribution in [0, 0.1) is 5.82 Å². The summed E-state index contributed by atoms with van der Waals surface area (Å²) < 4.78 is 18.9. The Kier molecular flexibility index (Phi) is 5.56. The fourth-order valence-corrected chi connectivity index (χ4v) is 3.60. The van der Waals surface area contributed by atoms with Gasteiger partial charge in [0.25, 0.3) is 5.91 Å². The summed E-state index contributed by atoms with van der Waals surface area (Å²) in [6.45, 7) is 0. The predicted octanol–water partition coefficient (Wildman–Crippen LogP) is 2.78. The van der Waals surface area contributed by atoms with Crippen molar-refractivity contribution in [3.8, 4) is 5.75 Å². The summed E-state index contributed by atoms with van der Waals surface area (Å²) in [6.07, 6.45) is 2.48. The summed E-state index contributed by atoms with van der Waals surface area (Å²) in [5.74, 6) is -0.994. The minimum absolute atomic E-state index is 0. The Morgan fingerprint density at radius 1 is 1.52 bits per heavy atom. The number of ether oxygens (including phenoxy) is 1. The van der Waals surface area contributed by atoms with E-state index in [1.807, 2.05) is 0 Å². The molecule has 0 bridgehead atoms. The Morgan fingerprint density at radius 2 is 2.30 bits per heavy atom. The van der Waals surface area contributed by atoms with Crippen molar-refractivity contribution in [2.24, 2.45) is 5.73 Å². The molecule has 0 unspecified atom stereocenters. The van der Waals surface area contributed by atoms with Gasteiger partial charge in [0.1, 0.15) is 17.1 Å². The van der Waals surface area contributed by atoms with Crippen LogP contribution in [-0.2, 0) is 12.8 Å². The van der Waals surface area contributed by atoms with E-state index < -0.39 is 11.7 Å². The summed E-state index contributed by atoms with van der Waals surface area (Å²) in [5.41, 5.74) is 6.79. The van der Waals surface area contributed by atoms with Gasteiger partial charge in [-0.25, -0.2) is 9.37 Å². The number of rotatable bonds is 3. The zero-order chi connectivity index (χ0) is 15.7. The molecule has 8 heteroatoms. The second-order valence-electron chi connectivity index (χ2n) is 5.16. The first-order valence-corrected chi connectivity index (χ1v) is 7.78. The monoisotopic (exact) mass is 357 g/mol. The molecule has 0 radical (unpaired) electrons. The van der Waals surface area contributed by atoms with Gasteiger partial charge in [-0.2, -0.15) is 0 Å². The van der Waals surface area contributed by atoms with Crippen molar-refractivity contribution in [1.82, 2.24) is 4.98 Å². The third-order valence-corrected chi connectivity index (χ3v) is 4.66. The van der Waals surface area contributed by atoms with Crippen LogP contribution in [-0.4, -0.2) is 24.0 Å². The number of thiazole rings is 1. The Hall–Kier alpha value is -1.70.